The number of rotatable bonds is 6. The van der Waals surface area contributed by atoms with Gasteiger partial charge in [-0.3, -0.25) is 4.99 Å². The highest BCUT2D eigenvalue weighted by atomic mass is 16.3. The molecule has 0 radical (unpaired) electrons. The molecule has 17 heavy (non-hydrogen) atoms. The Morgan fingerprint density at radius 3 is 3.00 bits per heavy atom. The van der Waals surface area contributed by atoms with E-state index in [1.807, 2.05) is 12.1 Å². The molecule has 94 valence electrons. The average Bonchev–Trinajstić information content (AvgIpc) is 3.02. The molecular formula is C13H21N3O. The minimum absolute atomic E-state index is 0.829. The van der Waals surface area contributed by atoms with Crippen molar-refractivity contribution in [1.82, 2.24) is 10.6 Å². The van der Waals surface area contributed by atoms with Gasteiger partial charge in [-0.1, -0.05) is 0 Å². The molecule has 1 fully saturated rings. The predicted octanol–water partition coefficient (Wildman–Crippen LogP) is 1.79. The summed E-state index contributed by atoms with van der Waals surface area (Å²) in [7, 11) is 0. The van der Waals surface area contributed by atoms with Gasteiger partial charge in [-0.15, -0.1) is 0 Å². The predicted molar refractivity (Wildman–Crippen MR) is 69.1 cm³/mol. The maximum Gasteiger partial charge on any atom is 0.191 e. The average molecular weight is 235 g/mol. The molecule has 0 atom stereocenters. The summed E-state index contributed by atoms with van der Waals surface area (Å²) >= 11 is 0. The van der Waals surface area contributed by atoms with Gasteiger partial charge in [0.2, 0.25) is 0 Å². The molecule has 0 saturated heterocycles. The highest BCUT2D eigenvalue weighted by Gasteiger charge is 2.20. The van der Waals surface area contributed by atoms with Gasteiger partial charge in [0, 0.05) is 26.1 Å². The first-order valence-electron chi connectivity index (χ1n) is 6.43. The summed E-state index contributed by atoms with van der Waals surface area (Å²) in [6.45, 7) is 4.79. The minimum Gasteiger partial charge on any atom is -0.469 e. The maximum absolute atomic E-state index is 5.28. The van der Waals surface area contributed by atoms with Crippen LogP contribution in [0.3, 0.4) is 0 Å². The Kier molecular flexibility index (Phi) is 4.47. The van der Waals surface area contributed by atoms with E-state index < -0.39 is 0 Å². The zero-order chi connectivity index (χ0) is 11.9. The SMILES string of the molecule is CCNC(=NCC1CC1)NCCc1ccco1. The van der Waals surface area contributed by atoms with Crippen LogP contribution in [0.15, 0.2) is 27.8 Å². The number of furan rings is 1. The zero-order valence-corrected chi connectivity index (χ0v) is 10.4. The Morgan fingerprint density at radius 1 is 1.47 bits per heavy atom. The third-order valence-electron chi connectivity index (χ3n) is 2.79. The summed E-state index contributed by atoms with van der Waals surface area (Å²) in [5.74, 6) is 2.76. The van der Waals surface area contributed by atoms with Gasteiger partial charge in [-0.25, -0.2) is 0 Å². The number of aliphatic imine (C=N–C) groups is 1. The van der Waals surface area contributed by atoms with Gasteiger partial charge < -0.3 is 15.1 Å². The van der Waals surface area contributed by atoms with Crippen LogP contribution >= 0.6 is 0 Å². The summed E-state index contributed by atoms with van der Waals surface area (Å²) in [4.78, 5) is 4.56. The normalized spacial score (nSPS) is 15.9. The van der Waals surface area contributed by atoms with E-state index in [9.17, 15) is 0 Å². The molecule has 0 bridgehead atoms. The zero-order valence-electron chi connectivity index (χ0n) is 10.4. The lowest BCUT2D eigenvalue weighted by atomic mass is 10.3. The van der Waals surface area contributed by atoms with Crippen molar-refractivity contribution in [2.75, 3.05) is 19.6 Å². The molecule has 1 heterocycles. The molecular weight excluding hydrogens is 214 g/mol. The quantitative estimate of drug-likeness (QED) is 0.584. The molecule has 1 aromatic heterocycles. The van der Waals surface area contributed by atoms with E-state index in [1.54, 1.807) is 6.26 Å². The van der Waals surface area contributed by atoms with Crippen molar-refractivity contribution in [1.29, 1.82) is 0 Å². The highest BCUT2D eigenvalue weighted by molar-refractivity contribution is 5.79. The fourth-order valence-corrected chi connectivity index (χ4v) is 1.62. The molecule has 4 nitrogen and oxygen atoms in total. The second-order valence-electron chi connectivity index (χ2n) is 4.42. The standard InChI is InChI=1S/C13H21N3O/c1-2-14-13(16-10-11-5-6-11)15-8-7-12-4-3-9-17-12/h3-4,9,11H,2,5-8,10H2,1H3,(H2,14,15,16). The molecule has 1 aromatic rings. The molecule has 0 aliphatic heterocycles. The van der Waals surface area contributed by atoms with E-state index in [0.29, 0.717) is 0 Å². The molecule has 0 spiro atoms. The lowest BCUT2D eigenvalue weighted by Gasteiger charge is -2.10. The Balaban J connectivity index is 1.70. The van der Waals surface area contributed by atoms with Crippen molar-refractivity contribution in [3.05, 3.63) is 24.2 Å². The van der Waals surface area contributed by atoms with Gasteiger partial charge in [-0.2, -0.15) is 0 Å². The molecule has 1 saturated carbocycles. The number of hydrogen-bond donors (Lipinski definition) is 2. The summed E-state index contributed by atoms with van der Waals surface area (Å²) in [6.07, 6.45) is 5.28. The fourth-order valence-electron chi connectivity index (χ4n) is 1.62. The van der Waals surface area contributed by atoms with E-state index in [1.165, 1.54) is 12.8 Å². The smallest absolute Gasteiger partial charge is 0.191 e. The van der Waals surface area contributed by atoms with Crippen LogP contribution in [0.5, 0.6) is 0 Å². The molecule has 4 heteroatoms. The van der Waals surface area contributed by atoms with E-state index in [-0.39, 0.29) is 0 Å². The second-order valence-corrected chi connectivity index (χ2v) is 4.42. The van der Waals surface area contributed by atoms with Crippen molar-refractivity contribution in [2.24, 2.45) is 10.9 Å². The molecule has 1 aliphatic rings. The van der Waals surface area contributed by atoms with Crippen LogP contribution in [-0.4, -0.2) is 25.6 Å². The molecule has 2 N–H and O–H groups in total. The summed E-state index contributed by atoms with van der Waals surface area (Å²) in [6, 6.07) is 3.91. The van der Waals surface area contributed by atoms with Crippen molar-refractivity contribution >= 4 is 5.96 Å². The number of guanidine groups is 1. The molecule has 1 aliphatic carbocycles. The first-order chi connectivity index (χ1) is 8.38. The molecule has 0 amide bonds. The summed E-state index contributed by atoms with van der Waals surface area (Å²) in [5, 5.41) is 6.58. The van der Waals surface area contributed by atoms with E-state index >= 15 is 0 Å². The maximum atomic E-state index is 5.28. The van der Waals surface area contributed by atoms with Crippen LogP contribution in [0.1, 0.15) is 25.5 Å². The van der Waals surface area contributed by atoms with E-state index in [0.717, 1.165) is 43.7 Å². The Bertz CT molecular complexity index is 342. The first kappa shape index (κ1) is 12.0. The molecule has 0 unspecified atom stereocenters. The lowest BCUT2D eigenvalue weighted by Crippen LogP contribution is -2.38. The topological polar surface area (TPSA) is 49.6 Å². The van der Waals surface area contributed by atoms with Crippen LogP contribution in [0, 0.1) is 5.92 Å². The Hall–Kier alpha value is -1.45. The third kappa shape index (κ3) is 4.51. The van der Waals surface area contributed by atoms with Crippen LogP contribution < -0.4 is 10.6 Å². The van der Waals surface area contributed by atoms with Crippen molar-refractivity contribution in [2.45, 2.75) is 26.2 Å². The van der Waals surface area contributed by atoms with Gasteiger partial charge in [-0.05, 0) is 37.8 Å². The number of nitrogens with one attached hydrogen (secondary N) is 2. The first-order valence-corrected chi connectivity index (χ1v) is 6.43. The van der Waals surface area contributed by atoms with Crippen LogP contribution in [0.4, 0.5) is 0 Å². The number of hydrogen-bond acceptors (Lipinski definition) is 2. The highest BCUT2D eigenvalue weighted by Crippen LogP contribution is 2.28. The second kappa shape index (κ2) is 6.33. The molecule has 0 aromatic carbocycles. The van der Waals surface area contributed by atoms with Gasteiger partial charge >= 0.3 is 0 Å². The lowest BCUT2D eigenvalue weighted by molar-refractivity contribution is 0.507. The van der Waals surface area contributed by atoms with Crippen LogP contribution in [0.2, 0.25) is 0 Å². The van der Waals surface area contributed by atoms with Gasteiger partial charge in [0.05, 0.1) is 6.26 Å². The van der Waals surface area contributed by atoms with Crippen LogP contribution in [-0.2, 0) is 6.42 Å². The van der Waals surface area contributed by atoms with Crippen molar-refractivity contribution in [3.63, 3.8) is 0 Å². The van der Waals surface area contributed by atoms with E-state index in [2.05, 4.69) is 22.5 Å². The Labute approximate surface area is 102 Å². The summed E-state index contributed by atoms with van der Waals surface area (Å²) in [5.41, 5.74) is 0. The summed E-state index contributed by atoms with van der Waals surface area (Å²) < 4.78 is 5.28. The van der Waals surface area contributed by atoms with Gasteiger partial charge in [0.25, 0.3) is 0 Å². The third-order valence-corrected chi connectivity index (χ3v) is 2.79. The van der Waals surface area contributed by atoms with Gasteiger partial charge in [0.15, 0.2) is 5.96 Å². The van der Waals surface area contributed by atoms with Crippen LogP contribution in [0.25, 0.3) is 0 Å². The monoisotopic (exact) mass is 235 g/mol. The van der Waals surface area contributed by atoms with E-state index in [4.69, 9.17) is 4.42 Å². The number of nitrogens with zero attached hydrogens (tertiary/aromatic N) is 1. The molecule has 2 rings (SSSR count). The largest absolute Gasteiger partial charge is 0.469 e. The fraction of sp³-hybridized carbons (Fsp3) is 0.615. The van der Waals surface area contributed by atoms with Crippen molar-refractivity contribution < 1.29 is 4.42 Å². The van der Waals surface area contributed by atoms with Crippen molar-refractivity contribution in [3.8, 4) is 0 Å². The van der Waals surface area contributed by atoms with Gasteiger partial charge in [0.1, 0.15) is 5.76 Å². The Morgan fingerprint density at radius 2 is 2.35 bits per heavy atom. The minimum atomic E-state index is 0.829.